The third-order valence-corrected chi connectivity index (χ3v) is 2.80. The summed E-state index contributed by atoms with van der Waals surface area (Å²) < 4.78 is 4.54. The molecule has 1 amide bonds. The fraction of sp³-hybridized carbons (Fsp3) is 0.667. The van der Waals surface area contributed by atoms with Crippen molar-refractivity contribution in [3.63, 3.8) is 0 Å². The molecule has 1 saturated heterocycles. The summed E-state index contributed by atoms with van der Waals surface area (Å²) in [6, 6.07) is 0. The molecule has 0 aromatic carbocycles. The molecule has 1 rings (SSSR count). The van der Waals surface area contributed by atoms with Crippen LogP contribution in [-0.4, -0.2) is 51.6 Å². The predicted octanol–water partition coefficient (Wildman–Crippen LogP) is -1.19. The normalized spacial score (nSPS) is 28.4. The summed E-state index contributed by atoms with van der Waals surface area (Å²) in [5.74, 6) is -1.86. The molecule has 0 radical (unpaired) electrons. The number of rotatable bonds is 6. The van der Waals surface area contributed by atoms with E-state index in [0.717, 1.165) is 19.3 Å². The van der Waals surface area contributed by atoms with Crippen LogP contribution in [0.5, 0.6) is 0 Å². The maximum Gasteiger partial charge on any atom is 0.338 e. The first-order valence-corrected chi connectivity index (χ1v) is 6.19. The fourth-order valence-electron chi connectivity index (χ4n) is 1.62. The van der Waals surface area contributed by atoms with Gasteiger partial charge in [0.15, 0.2) is 18.3 Å². The molecular weight excluding hydrogens is 254 g/mol. The zero-order valence-corrected chi connectivity index (χ0v) is 10.7. The van der Waals surface area contributed by atoms with Crippen LogP contribution in [0.25, 0.3) is 0 Å². The summed E-state index contributed by atoms with van der Waals surface area (Å²) >= 11 is 0. The highest BCUT2D eigenvalue weighted by molar-refractivity contribution is 5.84. The lowest BCUT2D eigenvalue weighted by Crippen LogP contribution is -2.46. The van der Waals surface area contributed by atoms with Crippen LogP contribution in [0.15, 0.2) is 12.3 Å². The minimum atomic E-state index is -1.73. The maximum atomic E-state index is 11.5. The van der Waals surface area contributed by atoms with Crippen LogP contribution in [0.2, 0.25) is 0 Å². The molecule has 7 heteroatoms. The lowest BCUT2D eigenvalue weighted by Gasteiger charge is -2.18. The summed E-state index contributed by atoms with van der Waals surface area (Å²) in [4.78, 5) is 22.5. The molecule has 19 heavy (non-hydrogen) atoms. The minimum Gasteiger partial charge on any atom is -0.454 e. The Morgan fingerprint density at radius 1 is 1.53 bits per heavy atom. The van der Waals surface area contributed by atoms with Gasteiger partial charge in [0.25, 0.3) is 5.91 Å². The lowest BCUT2D eigenvalue weighted by molar-refractivity contribution is -0.153. The Balaban J connectivity index is 2.44. The van der Waals surface area contributed by atoms with Crippen molar-refractivity contribution < 1.29 is 29.6 Å². The van der Waals surface area contributed by atoms with Crippen LogP contribution < -0.4 is 5.32 Å². The summed E-state index contributed by atoms with van der Waals surface area (Å²) in [5.41, 5.74) is 0. The fourth-order valence-corrected chi connectivity index (χ4v) is 1.62. The molecular formula is C12H19NO6. The second kappa shape index (κ2) is 7.22. The number of aliphatic hydroxyl groups is 3. The molecule has 0 aliphatic carbocycles. The Morgan fingerprint density at radius 3 is 2.74 bits per heavy atom. The van der Waals surface area contributed by atoms with Gasteiger partial charge in [0, 0.05) is 0 Å². The van der Waals surface area contributed by atoms with Crippen molar-refractivity contribution in [3.8, 4) is 0 Å². The van der Waals surface area contributed by atoms with Gasteiger partial charge in [-0.15, -0.1) is 0 Å². The standard InChI is InChI=1S/C12H19NO6/c1-2-3-4-5-6-13-11(17)9(16)10-7(14)8(15)12(18)19-10/h5-10,14-16H,2-4H2,1H3,(H,13,17)/b6-5+/t7-,8+,9-,10+/m1/s1. The van der Waals surface area contributed by atoms with Crippen molar-refractivity contribution in [3.05, 3.63) is 12.3 Å². The summed E-state index contributed by atoms with van der Waals surface area (Å²) in [6.45, 7) is 2.04. The second-order valence-corrected chi connectivity index (χ2v) is 4.33. The quantitative estimate of drug-likeness (QED) is 0.357. The van der Waals surface area contributed by atoms with Gasteiger partial charge in [-0.3, -0.25) is 4.79 Å². The molecule has 0 unspecified atom stereocenters. The highest BCUT2D eigenvalue weighted by atomic mass is 16.6. The Labute approximate surface area is 110 Å². The van der Waals surface area contributed by atoms with Gasteiger partial charge in [0.05, 0.1) is 0 Å². The van der Waals surface area contributed by atoms with E-state index in [4.69, 9.17) is 5.11 Å². The van der Waals surface area contributed by atoms with Crippen LogP contribution >= 0.6 is 0 Å². The Bertz CT molecular complexity index is 356. The van der Waals surface area contributed by atoms with Gasteiger partial charge in [-0.2, -0.15) is 0 Å². The largest absolute Gasteiger partial charge is 0.454 e. The predicted molar refractivity (Wildman–Crippen MR) is 64.7 cm³/mol. The van der Waals surface area contributed by atoms with Crippen molar-refractivity contribution in [1.29, 1.82) is 0 Å². The summed E-state index contributed by atoms with van der Waals surface area (Å²) in [7, 11) is 0. The van der Waals surface area contributed by atoms with Crippen molar-refractivity contribution in [2.75, 3.05) is 0 Å². The van der Waals surface area contributed by atoms with E-state index < -0.39 is 36.3 Å². The van der Waals surface area contributed by atoms with Crippen LogP contribution in [0.4, 0.5) is 0 Å². The Morgan fingerprint density at radius 2 is 2.21 bits per heavy atom. The average molecular weight is 273 g/mol. The van der Waals surface area contributed by atoms with Crippen molar-refractivity contribution in [2.24, 2.45) is 0 Å². The van der Waals surface area contributed by atoms with Crippen molar-refractivity contribution in [2.45, 2.75) is 50.6 Å². The molecule has 1 fully saturated rings. The number of carbonyl (C=O) groups is 2. The summed E-state index contributed by atoms with van der Waals surface area (Å²) in [6.07, 6.45) is -0.584. The first kappa shape index (κ1) is 15.6. The molecule has 7 nitrogen and oxygen atoms in total. The van der Waals surface area contributed by atoms with E-state index in [1.807, 2.05) is 6.92 Å². The van der Waals surface area contributed by atoms with Gasteiger partial charge in [-0.05, 0) is 12.6 Å². The van der Waals surface area contributed by atoms with Gasteiger partial charge < -0.3 is 25.4 Å². The molecule has 4 N–H and O–H groups in total. The number of esters is 1. The number of nitrogens with one attached hydrogen (secondary N) is 1. The topological polar surface area (TPSA) is 116 Å². The van der Waals surface area contributed by atoms with Gasteiger partial charge in [0.2, 0.25) is 0 Å². The molecule has 0 aromatic rings. The van der Waals surface area contributed by atoms with Crippen LogP contribution in [0.1, 0.15) is 26.2 Å². The zero-order chi connectivity index (χ0) is 14.4. The first-order valence-electron chi connectivity index (χ1n) is 6.19. The van der Waals surface area contributed by atoms with E-state index in [1.54, 1.807) is 6.08 Å². The van der Waals surface area contributed by atoms with E-state index in [-0.39, 0.29) is 0 Å². The SMILES string of the molecule is CCCC/C=C/NC(=O)[C@H](O)[C@H]1OC(=O)[C@@H](O)[C@H]1O. The number of cyclic esters (lactones) is 1. The first-order chi connectivity index (χ1) is 8.99. The Hall–Kier alpha value is -1.44. The van der Waals surface area contributed by atoms with Gasteiger partial charge in [0.1, 0.15) is 6.10 Å². The van der Waals surface area contributed by atoms with E-state index in [2.05, 4.69) is 10.1 Å². The minimum absolute atomic E-state index is 0.798. The van der Waals surface area contributed by atoms with Crippen LogP contribution in [0.3, 0.4) is 0 Å². The van der Waals surface area contributed by atoms with Gasteiger partial charge in [-0.1, -0.05) is 25.8 Å². The number of hydrogen-bond acceptors (Lipinski definition) is 6. The number of allylic oxidation sites excluding steroid dienone is 1. The third-order valence-electron chi connectivity index (χ3n) is 2.80. The van der Waals surface area contributed by atoms with Crippen molar-refractivity contribution >= 4 is 11.9 Å². The molecule has 1 aliphatic rings. The number of hydrogen-bond donors (Lipinski definition) is 4. The number of unbranched alkanes of at least 4 members (excludes halogenated alkanes) is 2. The molecule has 108 valence electrons. The number of carbonyl (C=O) groups excluding carboxylic acids is 2. The molecule has 0 aromatic heterocycles. The van der Waals surface area contributed by atoms with E-state index in [1.165, 1.54) is 6.20 Å². The molecule has 1 aliphatic heterocycles. The van der Waals surface area contributed by atoms with Gasteiger partial charge in [-0.25, -0.2) is 4.79 Å². The molecule has 0 spiro atoms. The van der Waals surface area contributed by atoms with Crippen LogP contribution in [0, 0.1) is 0 Å². The lowest BCUT2D eigenvalue weighted by atomic mass is 10.1. The molecule has 0 saturated carbocycles. The van der Waals surface area contributed by atoms with Crippen molar-refractivity contribution in [1.82, 2.24) is 5.32 Å². The highest BCUT2D eigenvalue weighted by Gasteiger charge is 2.48. The van der Waals surface area contributed by atoms with Crippen LogP contribution in [-0.2, 0) is 14.3 Å². The Kier molecular flexibility index (Phi) is 5.94. The van der Waals surface area contributed by atoms with Gasteiger partial charge >= 0.3 is 5.97 Å². The number of ether oxygens (including phenoxy) is 1. The van der Waals surface area contributed by atoms with E-state index in [9.17, 15) is 19.8 Å². The molecule has 1 heterocycles. The van der Waals surface area contributed by atoms with E-state index in [0.29, 0.717) is 0 Å². The highest BCUT2D eigenvalue weighted by Crippen LogP contribution is 2.19. The maximum absolute atomic E-state index is 11.5. The monoisotopic (exact) mass is 273 g/mol. The smallest absolute Gasteiger partial charge is 0.338 e. The zero-order valence-electron chi connectivity index (χ0n) is 10.7. The number of aliphatic hydroxyl groups excluding tert-OH is 3. The third kappa shape index (κ3) is 4.02. The summed E-state index contributed by atoms with van der Waals surface area (Å²) in [5, 5.41) is 30.5. The number of amides is 1. The second-order valence-electron chi connectivity index (χ2n) is 4.33. The molecule has 4 atom stereocenters. The molecule has 0 bridgehead atoms. The van der Waals surface area contributed by atoms with E-state index >= 15 is 0 Å². The average Bonchev–Trinajstić information content (AvgIpc) is 2.65.